The number of phenolic OH excluding ortho intramolecular Hbond substituents is 1. The number of aromatic hydroxyl groups is 1. The fourth-order valence-corrected chi connectivity index (χ4v) is 3.48. The van der Waals surface area contributed by atoms with Gasteiger partial charge >= 0.3 is 17.9 Å². The molecule has 17 nitrogen and oxygen atoms in total. The van der Waals surface area contributed by atoms with Crippen LogP contribution >= 0.6 is 0 Å². The van der Waals surface area contributed by atoms with Crippen LogP contribution in [0.5, 0.6) is 5.75 Å². The van der Waals surface area contributed by atoms with E-state index in [1.807, 2.05) is 0 Å². The highest BCUT2D eigenvalue weighted by molar-refractivity contribution is 5.95. The Hall–Kier alpha value is -4.93. The minimum absolute atomic E-state index is 0.0510. The van der Waals surface area contributed by atoms with Gasteiger partial charge in [0.25, 0.3) is 0 Å². The first kappa shape index (κ1) is 34.1. The van der Waals surface area contributed by atoms with E-state index in [0.717, 1.165) is 0 Å². The SMILES string of the molecule is NC(N)=NCCCC(NC(=O)C(N)CC(=O)O)C(=O)NC(CCC(=O)O)C(=O)NC(Cc1ccc(O)cc1)C(=O)O. The third kappa shape index (κ3) is 13.6. The van der Waals surface area contributed by atoms with Gasteiger partial charge in [-0.15, -0.1) is 0 Å². The van der Waals surface area contributed by atoms with Gasteiger partial charge in [0.1, 0.15) is 23.9 Å². The number of nitrogens with two attached hydrogens (primary N) is 3. The molecular formula is C24H35N7O10. The third-order valence-electron chi connectivity index (χ3n) is 5.58. The van der Waals surface area contributed by atoms with Gasteiger partial charge in [-0.3, -0.25) is 29.0 Å². The first-order chi connectivity index (χ1) is 19.2. The van der Waals surface area contributed by atoms with Crippen molar-refractivity contribution >= 4 is 41.6 Å². The second-order valence-electron chi connectivity index (χ2n) is 8.98. The quantitative estimate of drug-likeness (QED) is 0.0476. The van der Waals surface area contributed by atoms with Gasteiger partial charge in [0.15, 0.2) is 5.96 Å². The number of amides is 3. The Labute approximate surface area is 234 Å². The topological polar surface area (TPSA) is 310 Å². The summed E-state index contributed by atoms with van der Waals surface area (Å²) < 4.78 is 0. The van der Waals surface area contributed by atoms with Crippen molar-refractivity contribution in [1.29, 1.82) is 0 Å². The molecule has 0 aliphatic heterocycles. The van der Waals surface area contributed by atoms with E-state index in [1.54, 1.807) is 0 Å². The van der Waals surface area contributed by atoms with E-state index in [4.69, 9.17) is 27.4 Å². The highest BCUT2D eigenvalue weighted by Gasteiger charge is 2.31. The number of hydrogen-bond acceptors (Lipinski definition) is 9. The summed E-state index contributed by atoms with van der Waals surface area (Å²) in [6, 6.07) is -0.291. The number of rotatable bonds is 18. The third-order valence-corrected chi connectivity index (χ3v) is 5.58. The summed E-state index contributed by atoms with van der Waals surface area (Å²) in [5, 5.41) is 43.9. The summed E-state index contributed by atoms with van der Waals surface area (Å²) in [4.78, 5) is 76.2. The van der Waals surface area contributed by atoms with Gasteiger partial charge in [0.05, 0.1) is 12.5 Å². The van der Waals surface area contributed by atoms with Gasteiger partial charge in [0, 0.05) is 19.4 Å². The number of benzene rings is 1. The molecule has 1 aromatic rings. The molecule has 4 atom stereocenters. The predicted molar refractivity (Wildman–Crippen MR) is 142 cm³/mol. The maximum atomic E-state index is 13.1. The highest BCUT2D eigenvalue weighted by atomic mass is 16.4. The molecule has 1 aromatic carbocycles. The highest BCUT2D eigenvalue weighted by Crippen LogP contribution is 2.12. The monoisotopic (exact) mass is 581 g/mol. The maximum absolute atomic E-state index is 13.1. The number of hydrogen-bond donors (Lipinski definition) is 10. The molecule has 17 heteroatoms. The molecule has 0 spiro atoms. The average Bonchev–Trinajstić information content (AvgIpc) is 2.87. The van der Waals surface area contributed by atoms with Crippen LogP contribution in [-0.2, 0) is 35.2 Å². The zero-order chi connectivity index (χ0) is 31.1. The van der Waals surface area contributed by atoms with E-state index in [1.165, 1.54) is 24.3 Å². The fraction of sp³-hybridized carbons (Fsp3) is 0.458. The molecule has 0 aromatic heterocycles. The first-order valence-corrected chi connectivity index (χ1v) is 12.4. The lowest BCUT2D eigenvalue weighted by molar-refractivity contribution is -0.143. The van der Waals surface area contributed by atoms with Crippen molar-refractivity contribution in [2.24, 2.45) is 22.2 Å². The van der Waals surface area contributed by atoms with Crippen LogP contribution in [0.1, 0.15) is 37.7 Å². The Morgan fingerprint density at radius 2 is 1.32 bits per heavy atom. The van der Waals surface area contributed by atoms with E-state index < -0.39 is 79.1 Å². The van der Waals surface area contributed by atoms with E-state index >= 15 is 0 Å². The first-order valence-electron chi connectivity index (χ1n) is 12.4. The Morgan fingerprint density at radius 3 is 1.83 bits per heavy atom. The number of aliphatic imine (C=N–C) groups is 1. The maximum Gasteiger partial charge on any atom is 0.326 e. The summed E-state index contributed by atoms with van der Waals surface area (Å²) in [6.07, 6.45) is -1.84. The molecule has 0 aliphatic carbocycles. The van der Waals surface area contributed by atoms with Gasteiger partial charge in [-0.25, -0.2) is 4.79 Å². The number of aliphatic carboxylic acids is 3. The van der Waals surface area contributed by atoms with Crippen LogP contribution in [-0.4, -0.2) is 92.7 Å². The predicted octanol–water partition coefficient (Wildman–Crippen LogP) is -2.81. The summed E-state index contributed by atoms with van der Waals surface area (Å²) in [6.45, 7) is 0.0592. The van der Waals surface area contributed by atoms with Crippen molar-refractivity contribution in [3.05, 3.63) is 29.8 Å². The van der Waals surface area contributed by atoms with Crippen LogP contribution in [0.4, 0.5) is 0 Å². The van der Waals surface area contributed by atoms with Crippen LogP contribution in [0.25, 0.3) is 0 Å². The Morgan fingerprint density at radius 1 is 0.780 bits per heavy atom. The average molecular weight is 582 g/mol. The van der Waals surface area contributed by atoms with Crippen molar-refractivity contribution in [3.63, 3.8) is 0 Å². The second-order valence-corrected chi connectivity index (χ2v) is 8.98. The molecule has 0 aliphatic rings. The van der Waals surface area contributed by atoms with Crippen molar-refractivity contribution in [2.75, 3.05) is 6.54 Å². The molecule has 3 amide bonds. The number of nitrogens with one attached hydrogen (secondary N) is 3. The van der Waals surface area contributed by atoms with Gasteiger partial charge in [-0.2, -0.15) is 0 Å². The molecule has 226 valence electrons. The van der Waals surface area contributed by atoms with Crippen molar-refractivity contribution in [1.82, 2.24) is 16.0 Å². The Kier molecular flexibility index (Phi) is 14.1. The number of phenols is 1. The van der Waals surface area contributed by atoms with Crippen LogP contribution in [0, 0.1) is 0 Å². The normalized spacial score (nSPS) is 13.5. The number of guanidine groups is 1. The molecule has 0 heterocycles. The lowest BCUT2D eigenvalue weighted by Crippen LogP contribution is -2.57. The molecule has 0 saturated heterocycles. The minimum Gasteiger partial charge on any atom is -0.508 e. The van der Waals surface area contributed by atoms with Crippen molar-refractivity contribution in [2.45, 2.75) is 62.7 Å². The van der Waals surface area contributed by atoms with Crippen LogP contribution in [0.15, 0.2) is 29.3 Å². The smallest absolute Gasteiger partial charge is 0.326 e. The molecule has 0 saturated carbocycles. The zero-order valence-corrected chi connectivity index (χ0v) is 22.0. The van der Waals surface area contributed by atoms with Crippen molar-refractivity contribution in [3.8, 4) is 5.75 Å². The van der Waals surface area contributed by atoms with Crippen LogP contribution in [0.2, 0.25) is 0 Å². The zero-order valence-electron chi connectivity index (χ0n) is 22.0. The van der Waals surface area contributed by atoms with E-state index in [0.29, 0.717) is 5.56 Å². The summed E-state index contributed by atoms with van der Waals surface area (Å²) in [5.41, 5.74) is 16.6. The van der Waals surface area contributed by atoms with Gasteiger partial charge < -0.3 is 53.6 Å². The summed E-state index contributed by atoms with van der Waals surface area (Å²) >= 11 is 0. The van der Waals surface area contributed by atoms with Crippen LogP contribution < -0.4 is 33.2 Å². The Bertz CT molecular complexity index is 1120. The van der Waals surface area contributed by atoms with Crippen LogP contribution in [0.3, 0.4) is 0 Å². The minimum atomic E-state index is -1.52. The fourth-order valence-electron chi connectivity index (χ4n) is 3.48. The lowest BCUT2D eigenvalue weighted by Gasteiger charge is -2.25. The number of carboxylic acids is 3. The molecule has 4 unspecified atom stereocenters. The lowest BCUT2D eigenvalue weighted by atomic mass is 10.0. The van der Waals surface area contributed by atoms with Crippen molar-refractivity contribution < 1.29 is 49.2 Å². The number of carbonyl (C=O) groups is 6. The molecular weight excluding hydrogens is 546 g/mol. The van der Waals surface area contributed by atoms with Gasteiger partial charge in [-0.05, 0) is 37.0 Å². The summed E-state index contributed by atoms with van der Waals surface area (Å²) in [5.74, 6) is -7.24. The number of carboxylic acid groups (broad SMARTS) is 3. The molecule has 0 fully saturated rings. The van der Waals surface area contributed by atoms with E-state index in [9.17, 15) is 39.0 Å². The van der Waals surface area contributed by atoms with E-state index in [2.05, 4.69) is 20.9 Å². The molecule has 0 bridgehead atoms. The molecule has 1 rings (SSSR count). The van der Waals surface area contributed by atoms with E-state index in [-0.39, 0.29) is 37.5 Å². The summed E-state index contributed by atoms with van der Waals surface area (Å²) in [7, 11) is 0. The molecule has 41 heavy (non-hydrogen) atoms. The Balaban J connectivity index is 3.10. The second kappa shape index (κ2) is 16.9. The van der Waals surface area contributed by atoms with Gasteiger partial charge in [0.2, 0.25) is 17.7 Å². The molecule has 13 N–H and O–H groups in total. The number of carbonyl (C=O) groups excluding carboxylic acids is 3. The standard InChI is InChI=1S/C24H35N7O10/c25-14(11-19(35)36)20(37)29-15(2-1-9-28-24(26)27)21(38)30-16(7-8-18(33)34)22(39)31-17(23(40)41)10-12-3-5-13(32)6-4-12/h3-6,14-17,32H,1-2,7-11,25H2,(H,29,37)(H,30,38)(H,31,39)(H,33,34)(H,35,36)(H,40,41)(H4,26,27,28). The number of nitrogens with zero attached hydrogens (tertiary/aromatic N) is 1. The largest absolute Gasteiger partial charge is 0.508 e. The van der Waals surface area contributed by atoms with Gasteiger partial charge in [-0.1, -0.05) is 12.1 Å². The molecule has 0 radical (unpaired) electrons.